The van der Waals surface area contributed by atoms with Crippen molar-refractivity contribution >= 4 is 0 Å². The Balaban J connectivity index is 3.19. The molecule has 0 aliphatic heterocycles. The molecule has 2 nitrogen and oxygen atoms in total. The maximum atomic E-state index is 12.6. The summed E-state index contributed by atoms with van der Waals surface area (Å²) in [5, 5.41) is 5.74. The zero-order valence-corrected chi connectivity index (χ0v) is 7.79. The SMILES string of the molecule is CCNCCNCC(F)(F)CC. The maximum Gasteiger partial charge on any atom is 0.260 e. The molecular weight excluding hydrogens is 162 g/mol. The number of likely N-dealkylation sites (N-methyl/N-ethyl adjacent to an activating group) is 1. The highest BCUT2D eigenvalue weighted by Gasteiger charge is 2.24. The lowest BCUT2D eigenvalue weighted by Gasteiger charge is -2.14. The summed E-state index contributed by atoms with van der Waals surface area (Å²) in [5.74, 6) is -2.55. The topological polar surface area (TPSA) is 24.1 Å². The monoisotopic (exact) mass is 180 g/mol. The quantitative estimate of drug-likeness (QED) is 0.576. The number of alkyl halides is 2. The third-order valence-electron chi connectivity index (χ3n) is 1.63. The molecule has 0 unspecified atom stereocenters. The number of rotatable bonds is 7. The zero-order chi connectivity index (χ0) is 9.45. The summed E-state index contributed by atoms with van der Waals surface area (Å²) in [7, 11) is 0. The zero-order valence-electron chi connectivity index (χ0n) is 7.79. The highest BCUT2D eigenvalue weighted by molar-refractivity contribution is 4.66. The lowest BCUT2D eigenvalue weighted by molar-refractivity contribution is -0.00128. The van der Waals surface area contributed by atoms with Crippen LogP contribution in [0, 0.1) is 0 Å². The highest BCUT2D eigenvalue weighted by Crippen LogP contribution is 2.15. The number of hydrogen-bond acceptors (Lipinski definition) is 2. The predicted octanol–water partition coefficient (Wildman–Crippen LogP) is 1.23. The van der Waals surface area contributed by atoms with Crippen LogP contribution in [0.3, 0.4) is 0 Å². The smallest absolute Gasteiger partial charge is 0.260 e. The summed E-state index contributed by atoms with van der Waals surface area (Å²) >= 11 is 0. The Hall–Kier alpha value is -0.220. The van der Waals surface area contributed by atoms with Crippen LogP contribution in [0.15, 0.2) is 0 Å². The molecule has 0 bridgehead atoms. The van der Waals surface area contributed by atoms with Crippen molar-refractivity contribution in [3.8, 4) is 0 Å². The summed E-state index contributed by atoms with van der Waals surface area (Å²) in [6.45, 7) is 5.49. The second-order valence-corrected chi connectivity index (χ2v) is 2.74. The summed E-state index contributed by atoms with van der Waals surface area (Å²) in [4.78, 5) is 0. The summed E-state index contributed by atoms with van der Waals surface area (Å²) in [6.07, 6.45) is -0.0960. The largest absolute Gasteiger partial charge is 0.316 e. The molecule has 0 aromatic heterocycles. The lowest BCUT2D eigenvalue weighted by Crippen LogP contribution is -2.36. The van der Waals surface area contributed by atoms with Crippen molar-refractivity contribution in [2.75, 3.05) is 26.2 Å². The Morgan fingerprint density at radius 2 is 1.67 bits per heavy atom. The van der Waals surface area contributed by atoms with Crippen molar-refractivity contribution in [1.29, 1.82) is 0 Å². The first-order valence-electron chi connectivity index (χ1n) is 4.41. The molecule has 0 saturated carbocycles. The Morgan fingerprint density at radius 3 is 2.17 bits per heavy atom. The average Bonchev–Trinajstić information content (AvgIpc) is 2.04. The van der Waals surface area contributed by atoms with Gasteiger partial charge in [0.25, 0.3) is 5.92 Å². The fraction of sp³-hybridized carbons (Fsp3) is 1.00. The van der Waals surface area contributed by atoms with Crippen LogP contribution in [-0.2, 0) is 0 Å². The summed E-state index contributed by atoms with van der Waals surface area (Å²) < 4.78 is 25.2. The van der Waals surface area contributed by atoms with E-state index in [-0.39, 0.29) is 13.0 Å². The van der Waals surface area contributed by atoms with Gasteiger partial charge in [-0.25, -0.2) is 8.78 Å². The molecule has 0 aliphatic carbocycles. The Labute approximate surface area is 72.7 Å². The third-order valence-corrected chi connectivity index (χ3v) is 1.63. The average molecular weight is 180 g/mol. The van der Waals surface area contributed by atoms with Gasteiger partial charge in [0, 0.05) is 19.5 Å². The van der Waals surface area contributed by atoms with E-state index in [1.165, 1.54) is 6.92 Å². The van der Waals surface area contributed by atoms with Gasteiger partial charge in [0.15, 0.2) is 0 Å². The van der Waals surface area contributed by atoms with Crippen molar-refractivity contribution < 1.29 is 8.78 Å². The highest BCUT2D eigenvalue weighted by atomic mass is 19.3. The van der Waals surface area contributed by atoms with Crippen molar-refractivity contribution in [2.45, 2.75) is 26.2 Å². The summed E-state index contributed by atoms with van der Waals surface area (Å²) in [5.41, 5.74) is 0. The number of hydrogen-bond donors (Lipinski definition) is 2. The van der Waals surface area contributed by atoms with Crippen LogP contribution in [0.4, 0.5) is 8.78 Å². The molecule has 0 spiro atoms. The Morgan fingerprint density at radius 1 is 1.08 bits per heavy atom. The minimum atomic E-state index is -2.55. The lowest BCUT2D eigenvalue weighted by atomic mass is 10.2. The van der Waals surface area contributed by atoms with E-state index in [1.807, 2.05) is 6.92 Å². The Kier molecular flexibility index (Phi) is 6.20. The third kappa shape index (κ3) is 6.49. The van der Waals surface area contributed by atoms with Crippen LogP contribution in [-0.4, -0.2) is 32.1 Å². The predicted molar refractivity (Wildman–Crippen MR) is 46.7 cm³/mol. The van der Waals surface area contributed by atoms with E-state index < -0.39 is 5.92 Å². The summed E-state index contributed by atoms with van der Waals surface area (Å²) in [6, 6.07) is 0. The van der Waals surface area contributed by atoms with Crippen LogP contribution in [0.25, 0.3) is 0 Å². The van der Waals surface area contributed by atoms with Gasteiger partial charge in [0.05, 0.1) is 6.54 Å². The van der Waals surface area contributed by atoms with E-state index in [9.17, 15) is 8.78 Å². The first-order valence-corrected chi connectivity index (χ1v) is 4.41. The molecule has 0 radical (unpaired) electrons. The van der Waals surface area contributed by atoms with Crippen LogP contribution in [0.2, 0.25) is 0 Å². The van der Waals surface area contributed by atoms with Crippen LogP contribution in [0.5, 0.6) is 0 Å². The minimum Gasteiger partial charge on any atom is -0.316 e. The van der Waals surface area contributed by atoms with Gasteiger partial charge in [-0.15, -0.1) is 0 Å². The van der Waals surface area contributed by atoms with Gasteiger partial charge in [0.1, 0.15) is 0 Å². The first kappa shape index (κ1) is 11.8. The molecule has 4 heteroatoms. The molecule has 0 atom stereocenters. The molecule has 74 valence electrons. The van der Waals surface area contributed by atoms with E-state index in [4.69, 9.17) is 0 Å². The molecule has 2 N–H and O–H groups in total. The van der Waals surface area contributed by atoms with Crippen molar-refractivity contribution in [3.63, 3.8) is 0 Å². The van der Waals surface area contributed by atoms with Gasteiger partial charge in [-0.1, -0.05) is 13.8 Å². The molecule has 0 aliphatic rings. The van der Waals surface area contributed by atoms with Gasteiger partial charge >= 0.3 is 0 Å². The van der Waals surface area contributed by atoms with Gasteiger partial charge in [-0.05, 0) is 6.54 Å². The molecule has 0 aromatic carbocycles. The number of halogens is 2. The molecule has 0 aromatic rings. The molecule has 0 amide bonds. The molecule has 0 heterocycles. The molecular formula is C8H18F2N2. The first-order chi connectivity index (χ1) is 5.62. The standard InChI is InChI=1S/C8H18F2N2/c1-3-8(9,10)7-12-6-5-11-4-2/h11-12H,3-7H2,1-2H3. The van der Waals surface area contributed by atoms with Gasteiger partial charge in [-0.3, -0.25) is 0 Å². The maximum absolute atomic E-state index is 12.6. The van der Waals surface area contributed by atoms with Gasteiger partial charge < -0.3 is 10.6 Å². The van der Waals surface area contributed by atoms with E-state index in [1.54, 1.807) is 0 Å². The van der Waals surface area contributed by atoms with Gasteiger partial charge in [-0.2, -0.15) is 0 Å². The molecule has 12 heavy (non-hydrogen) atoms. The minimum absolute atomic E-state index is 0.0960. The fourth-order valence-electron chi connectivity index (χ4n) is 0.750. The van der Waals surface area contributed by atoms with Crippen molar-refractivity contribution in [2.24, 2.45) is 0 Å². The number of nitrogens with one attached hydrogen (secondary N) is 2. The van der Waals surface area contributed by atoms with E-state index in [2.05, 4.69) is 10.6 Å². The Bertz CT molecular complexity index is 107. The molecule has 0 fully saturated rings. The van der Waals surface area contributed by atoms with Crippen LogP contribution < -0.4 is 10.6 Å². The van der Waals surface area contributed by atoms with E-state index in [0.717, 1.165) is 13.1 Å². The van der Waals surface area contributed by atoms with Crippen LogP contribution in [0.1, 0.15) is 20.3 Å². The van der Waals surface area contributed by atoms with Crippen molar-refractivity contribution in [3.05, 3.63) is 0 Å². The normalized spacial score (nSPS) is 12.0. The van der Waals surface area contributed by atoms with E-state index in [0.29, 0.717) is 6.54 Å². The molecule has 0 saturated heterocycles. The van der Waals surface area contributed by atoms with Crippen LogP contribution >= 0.6 is 0 Å². The fourth-order valence-corrected chi connectivity index (χ4v) is 0.750. The van der Waals surface area contributed by atoms with Gasteiger partial charge in [0.2, 0.25) is 0 Å². The van der Waals surface area contributed by atoms with E-state index >= 15 is 0 Å². The second-order valence-electron chi connectivity index (χ2n) is 2.74. The molecule has 0 rings (SSSR count). The van der Waals surface area contributed by atoms with Crippen molar-refractivity contribution in [1.82, 2.24) is 10.6 Å². The second kappa shape index (κ2) is 6.31.